The number of para-hydroxylation sites is 1. The number of nitrogens with one attached hydrogen (secondary N) is 2. The topological polar surface area (TPSA) is 98.2 Å². The lowest BCUT2D eigenvalue weighted by Crippen LogP contribution is -2.17. The van der Waals surface area contributed by atoms with Crippen molar-refractivity contribution in [1.82, 2.24) is 19.3 Å². The number of imidazole rings is 1. The monoisotopic (exact) mass is 530 g/mol. The molecule has 0 atom stereocenters. The fourth-order valence-electron chi connectivity index (χ4n) is 4.67. The Balaban J connectivity index is 1.27. The summed E-state index contributed by atoms with van der Waals surface area (Å²) in [5.74, 6) is 1.39. The lowest BCUT2D eigenvalue weighted by atomic mass is 10.0. The number of H-pyrrole nitrogens is 1. The number of nitrogens with zero attached hydrogens (tertiary/aromatic N) is 2. The highest BCUT2D eigenvalue weighted by molar-refractivity contribution is 7.89. The summed E-state index contributed by atoms with van der Waals surface area (Å²) in [5.41, 5.74) is 6.65. The Morgan fingerprint density at radius 2 is 1.84 bits per heavy atom. The second-order valence-corrected chi connectivity index (χ2v) is 10.9. The molecule has 9 heteroatoms. The smallest absolute Gasteiger partial charge is 0.237 e. The Labute approximate surface area is 222 Å². The van der Waals surface area contributed by atoms with Gasteiger partial charge in [-0.2, -0.15) is 0 Å². The summed E-state index contributed by atoms with van der Waals surface area (Å²) in [6, 6.07) is 19.9. The maximum Gasteiger partial charge on any atom is 0.237 e. The highest BCUT2D eigenvalue weighted by atomic mass is 32.2. The quantitative estimate of drug-likeness (QED) is 0.251. The van der Waals surface area contributed by atoms with E-state index in [1.807, 2.05) is 42.5 Å². The van der Waals surface area contributed by atoms with Crippen molar-refractivity contribution in [1.29, 1.82) is 0 Å². The molecule has 0 unspecified atom stereocenters. The number of hydrogen-bond acceptors (Lipinski definition) is 6. The standard InChI is InChI=1S/C29H30N4O4S/c1-36-27-13-11-21(18-28(27)37-2)29-23(22-8-4-5-9-24(22)32-29)14-16-30-15-6-7-20-10-12-26-25(17-20)31-19-33(26)38(3,34)35/h4-13,17-19,30,32H,14-16H2,1-3H3/b7-6+. The van der Waals surface area contributed by atoms with Crippen molar-refractivity contribution in [2.75, 3.05) is 33.6 Å². The fraction of sp³-hybridized carbons (Fsp3) is 0.207. The van der Waals surface area contributed by atoms with Gasteiger partial charge in [0.15, 0.2) is 11.5 Å². The molecule has 0 saturated heterocycles. The van der Waals surface area contributed by atoms with Crippen LogP contribution in [-0.4, -0.2) is 55.9 Å². The van der Waals surface area contributed by atoms with Crippen molar-refractivity contribution in [3.63, 3.8) is 0 Å². The van der Waals surface area contributed by atoms with Crippen LogP contribution in [0.15, 0.2) is 73.1 Å². The molecule has 0 spiro atoms. The third-order valence-electron chi connectivity index (χ3n) is 6.51. The van der Waals surface area contributed by atoms with E-state index in [0.29, 0.717) is 29.1 Å². The summed E-state index contributed by atoms with van der Waals surface area (Å²) in [5, 5.41) is 4.70. The SMILES string of the molecule is COc1ccc(-c2[nH]c3ccccc3c2CCNC/C=C/c2ccc3c(c2)ncn3S(C)(=O)=O)cc1OC. The highest BCUT2D eigenvalue weighted by Gasteiger charge is 2.15. The molecule has 0 aliphatic rings. The van der Waals surface area contributed by atoms with E-state index in [2.05, 4.69) is 39.6 Å². The van der Waals surface area contributed by atoms with Gasteiger partial charge >= 0.3 is 0 Å². The van der Waals surface area contributed by atoms with Crippen LogP contribution >= 0.6 is 0 Å². The lowest BCUT2D eigenvalue weighted by molar-refractivity contribution is 0.355. The van der Waals surface area contributed by atoms with Crippen molar-refractivity contribution in [2.45, 2.75) is 6.42 Å². The van der Waals surface area contributed by atoms with Crippen LogP contribution in [0.2, 0.25) is 0 Å². The van der Waals surface area contributed by atoms with Crippen LogP contribution < -0.4 is 14.8 Å². The van der Waals surface area contributed by atoms with Gasteiger partial charge in [-0.3, -0.25) is 0 Å². The minimum atomic E-state index is -3.37. The van der Waals surface area contributed by atoms with Gasteiger partial charge in [-0.15, -0.1) is 0 Å². The van der Waals surface area contributed by atoms with E-state index >= 15 is 0 Å². The van der Waals surface area contributed by atoms with Crippen LogP contribution in [-0.2, 0) is 16.4 Å². The number of fused-ring (bicyclic) bond motifs is 2. The van der Waals surface area contributed by atoms with Crippen LogP contribution in [0.3, 0.4) is 0 Å². The van der Waals surface area contributed by atoms with Crippen LogP contribution in [0.1, 0.15) is 11.1 Å². The zero-order valence-electron chi connectivity index (χ0n) is 21.6. The number of ether oxygens (including phenoxy) is 2. The molecule has 0 bridgehead atoms. The minimum absolute atomic E-state index is 0.576. The van der Waals surface area contributed by atoms with Gasteiger partial charge in [0, 0.05) is 28.7 Å². The zero-order valence-corrected chi connectivity index (χ0v) is 22.4. The molecule has 38 heavy (non-hydrogen) atoms. The maximum atomic E-state index is 11.9. The molecule has 0 aliphatic heterocycles. The van der Waals surface area contributed by atoms with Crippen molar-refractivity contribution >= 4 is 38.0 Å². The van der Waals surface area contributed by atoms with E-state index in [0.717, 1.165) is 35.3 Å². The third kappa shape index (κ3) is 5.16. The lowest BCUT2D eigenvalue weighted by Gasteiger charge is -2.11. The first-order valence-electron chi connectivity index (χ1n) is 12.3. The van der Waals surface area contributed by atoms with Crippen molar-refractivity contribution in [2.24, 2.45) is 0 Å². The Morgan fingerprint density at radius 1 is 1.03 bits per heavy atom. The predicted molar refractivity (Wildman–Crippen MR) is 152 cm³/mol. The first kappa shape index (κ1) is 25.6. The van der Waals surface area contributed by atoms with E-state index in [1.54, 1.807) is 20.3 Å². The first-order chi connectivity index (χ1) is 18.4. The predicted octanol–water partition coefficient (Wildman–Crippen LogP) is 4.86. The first-order valence-corrected chi connectivity index (χ1v) is 14.1. The van der Waals surface area contributed by atoms with E-state index in [1.165, 1.54) is 27.5 Å². The van der Waals surface area contributed by atoms with Gasteiger partial charge in [-0.25, -0.2) is 17.4 Å². The van der Waals surface area contributed by atoms with E-state index in [4.69, 9.17) is 9.47 Å². The van der Waals surface area contributed by atoms with Gasteiger partial charge in [0.25, 0.3) is 0 Å². The Kier molecular flexibility index (Phi) is 7.22. The normalized spacial score (nSPS) is 12.1. The molecule has 0 aliphatic carbocycles. The molecule has 5 rings (SSSR count). The third-order valence-corrected chi connectivity index (χ3v) is 7.51. The second kappa shape index (κ2) is 10.7. The summed E-state index contributed by atoms with van der Waals surface area (Å²) >= 11 is 0. The van der Waals surface area contributed by atoms with E-state index in [9.17, 15) is 8.42 Å². The maximum absolute atomic E-state index is 11.9. The van der Waals surface area contributed by atoms with Crippen molar-refractivity contribution in [3.05, 3.63) is 84.2 Å². The van der Waals surface area contributed by atoms with Crippen molar-refractivity contribution < 1.29 is 17.9 Å². The summed E-state index contributed by atoms with van der Waals surface area (Å²) in [6.07, 6.45) is 7.42. The molecule has 0 amide bonds. The summed E-state index contributed by atoms with van der Waals surface area (Å²) in [4.78, 5) is 7.81. The number of methoxy groups -OCH3 is 2. The average Bonchev–Trinajstić information content (AvgIpc) is 3.51. The molecular formula is C29H30N4O4S. The van der Waals surface area contributed by atoms with Gasteiger partial charge in [-0.05, 0) is 60.5 Å². The van der Waals surface area contributed by atoms with Gasteiger partial charge in [0.1, 0.15) is 6.33 Å². The van der Waals surface area contributed by atoms with Crippen LogP contribution in [0.4, 0.5) is 0 Å². The van der Waals surface area contributed by atoms with Gasteiger partial charge < -0.3 is 19.8 Å². The molecule has 3 aromatic carbocycles. The molecular weight excluding hydrogens is 500 g/mol. The Bertz CT molecular complexity index is 1730. The van der Waals surface area contributed by atoms with Crippen LogP contribution in [0, 0.1) is 0 Å². The molecule has 8 nitrogen and oxygen atoms in total. The van der Waals surface area contributed by atoms with E-state index < -0.39 is 10.0 Å². The number of aromatic amines is 1. The summed E-state index contributed by atoms with van der Waals surface area (Å²) in [6.45, 7) is 1.49. The number of benzene rings is 3. The minimum Gasteiger partial charge on any atom is -0.493 e. The number of aromatic nitrogens is 3. The second-order valence-electron chi connectivity index (χ2n) is 9.00. The molecule has 2 aromatic heterocycles. The summed E-state index contributed by atoms with van der Waals surface area (Å²) < 4.78 is 35.9. The fourth-order valence-corrected chi connectivity index (χ4v) is 5.40. The Hall–Kier alpha value is -4.08. The van der Waals surface area contributed by atoms with Gasteiger partial charge in [-0.1, -0.05) is 36.4 Å². The van der Waals surface area contributed by atoms with E-state index in [-0.39, 0.29) is 0 Å². The average molecular weight is 531 g/mol. The van der Waals surface area contributed by atoms with Gasteiger partial charge in [0.05, 0.1) is 31.5 Å². The van der Waals surface area contributed by atoms with Crippen molar-refractivity contribution in [3.8, 4) is 22.8 Å². The molecule has 5 aromatic rings. The Morgan fingerprint density at radius 3 is 2.63 bits per heavy atom. The number of rotatable bonds is 10. The van der Waals surface area contributed by atoms with Gasteiger partial charge in [0.2, 0.25) is 10.0 Å². The largest absolute Gasteiger partial charge is 0.493 e. The molecule has 0 fully saturated rings. The summed E-state index contributed by atoms with van der Waals surface area (Å²) in [7, 11) is -0.0944. The molecule has 2 heterocycles. The van der Waals surface area contributed by atoms with Crippen LogP contribution in [0.25, 0.3) is 39.3 Å². The molecule has 0 saturated carbocycles. The highest BCUT2D eigenvalue weighted by Crippen LogP contribution is 2.36. The zero-order chi connectivity index (χ0) is 26.7. The molecule has 0 radical (unpaired) electrons. The molecule has 2 N–H and O–H groups in total. The van der Waals surface area contributed by atoms with Crippen LogP contribution in [0.5, 0.6) is 11.5 Å². The number of hydrogen-bond donors (Lipinski definition) is 2. The molecule has 196 valence electrons.